The molecule has 2 fully saturated rings. The lowest BCUT2D eigenvalue weighted by atomic mass is 10.0. The van der Waals surface area contributed by atoms with E-state index < -0.39 is 0 Å². The monoisotopic (exact) mass is 527 g/mol. The molecule has 2 aliphatic rings. The predicted molar refractivity (Wildman–Crippen MR) is 150 cm³/mol. The van der Waals surface area contributed by atoms with Crippen LogP contribution in [-0.2, 0) is 18.3 Å². The fourth-order valence-corrected chi connectivity index (χ4v) is 5.29. The first-order valence-corrected chi connectivity index (χ1v) is 13.4. The molecular formula is C29H33N7O3. The van der Waals surface area contributed by atoms with E-state index in [0.717, 1.165) is 92.2 Å². The van der Waals surface area contributed by atoms with Crippen LogP contribution in [0.4, 0.5) is 11.5 Å². The number of hydrogen-bond donors (Lipinski definition) is 2. The summed E-state index contributed by atoms with van der Waals surface area (Å²) in [5.41, 5.74) is 4.98. The number of piperidine rings is 1. The Hall–Kier alpha value is -3.86. The molecule has 2 N–H and O–H groups in total. The second-order valence-electron chi connectivity index (χ2n) is 10.3. The van der Waals surface area contributed by atoms with Gasteiger partial charge in [-0.2, -0.15) is 5.10 Å². The molecule has 0 spiro atoms. The first kappa shape index (κ1) is 25.4. The van der Waals surface area contributed by atoms with E-state index in [1.807, 2.05) is 49.8 Å². The maximum atomic E-state index is 13.3. The molecule has 1 aromatic carbocycles. The molecule has 1 amide bonds. The quantitative estimate of drug-likeness (QED) is 0.394. The molecule has 3 aromatic heterocycles. The number of nitrogens with zero attached hydrogens (tertiary/aromatic N) is 6. The number of amides is 1. The summed E-state index contributed by atoms with van der Waals surface area (Å²) in [4.78, 5) is 26.8. The van der Waals surface area contributed by atoms with Crippen LogP contribution in [0.3, 0.4) is 0 Å². The van der Waals surface area contributed by atoms with Crippen molar-refractivity contribution in [3.8, 4) is 11.1 Å². The zero-order chi connectivity index (χ0) is 26.8. The van der Waals surface area contributed by atoms with Crippen LogP contribution >= 0.6 is 0 Å². The van der Waals surface area contributed by atoms with Crippen LogP contribution in [-0.4, -0.2) is 81.2 Å². The Labute approximate surface area is 227 Å². The number of aliphatic hydroxyl groups is 1. The molecule has 10 nitrogen and oxygen atoms in total. The van der Waals surface area contributed by atoms with Crippen LogP contribution < -0.4 is 10.2 Å². The van der Waals surface area contributed by atoms with Crippen LogP contribution in [0.15, 0.2) is 55.0 Å². The standard InChI is InChI=1S/C29H33N7O3/c1-34-26-4-2-21(22-14-20(16-30-17-22)19-35-10-12-39-13-11-35)15-25(26)28(33-34)29(38)32-23-3-5-27(31-18-23)36-8-6-24(37)7-9-36/h2-5,14-18,24,37H,6-13,19H2,1H3,(H,32,38). The number of aryl methyl sites for hydroxylation is 1. The molecule has 0 radical (unpaired) electrons. The van der Waals surface area contributed by atoms with Crippen molar-refractivity contribution in [3.63, 3.8) is 0 Å². The summed E-state index contributed by atoms with van der Waals surface area (Å²) in [6.07, 6.45) is 6.68. The number of nitrogens with one attached hydrogen (secondary N) is 1. The van der Waals surface area contributed by atoms with Crippen LogP contribution in [0.2, 0.25) is 0 Å². The number of carbonyl (C=O) groups is 1. The number of anilines is 2. The highest BCUT2D eigenvalue weighted by molar-refractivity contribution is 6.11. The second-order valence-corrected chi connectivity index (χ2v) is 10.3. The van der Waals surface area contributed by atoms with E-state index in [1.165, 1.54) is 0 Å². The summed E-state index contributed by atoms with van der Waals surface area (Å²) < 4.78 is 7.19. The van der Waals surface area contributed by atoms with Crippen LogP contribution in [0.25, 0.3) is 22.0 Å². The number of aromatic nitrogens is 4. The Morgan fingerprint density at radius 3 is 2.62 bits per heavy atom. The normalized spacial score (nSPS) is 17.0. The molecule has 202 valence electrons. The van der Waals surface area contributed by atoms with Gasteiger partial charge in [0.1, 0.15) is 5.82 Å². The number of carbonyl (C=O) groups excluding carboxylic acids is 1. The van der Waals surface area contributed by atoms with Gasteiger partial charge in [-0.1, -0.05) is 6.07 Å². The third-order valence-electron chi connectivity index (χ3n) is 7.50. The Bertz CT molecular complexity index is 1460. The van der Waals surface area contributed by atoms with Crippen LogP contribution in [0.5, 0.6) is 0 Å². The van der Waals surface area contributed by atoms with Crippen molar-refractivity contribution in [2.45, 2.75) is 25.5 Å². The van der Waals surface area contributed by atoms with Crippen molar-refractivity contribution in [1.82, 2.24) is 24.6 Å². The third kappa shape index (κ3) is 5.63. The average molecular weight is 528 g/mol. The summed E-state index contributed by atoms with van der Waals surface area (Å²) in [5, 5.41) is 18.0. The van der Waals surface area contributed by atoms with Gasteiger partial charge in [-0.25, -0.2) is 4.98 Å². The fourth-order valence-electron chi connectivity index (χ4n) is 5.29. The van der Waals surface area contributed by atoms with Gasteiger partial charge in [0.15, 0.2) is 5.69 Å². The number of rotatable bonds is 6. The highest BCUT2D eigenvalue weighted by Gasteiger charge is 2.20. The van der Waals surface area contributed by atoms with Crippen molar-refractivity contribution in [2.75, 3.05) is 49.6 Å². The number of morpholine rings is 1. The molecule has 39 heavy (non-hydrogen) atoms. The molecule has 0 unspecified atom stereocenters. The second kappa shape index (κ2) is 11.1. The van der Waals surface area contributed by atoms with Crippen molar-refractivity contribution in [2.24, 2.45) is 7.05 Å². The Kier molecular flexibility index (Phi) is 7.23. The van der Waals surface area contributed by atoms with Crippen molar-refractivity contribution < 1.29 is 14.6 Å². The third-order valence-corrected chi connectivity index (χ3v) is 7.50. The Morgan fingerprint density at radius 2 is 1.85 bits per heavy atom. The van der Waals surface area contributed by atoms with E-state index in [-0.39, 0.29) is 12.0 Å². The topological polar surface area (TPSA) is 109 Å². The molecule has 5 heterocycles. The Morgan fingerprint density at radius 1 is 1.03 bits per heavy atom. The largest absolute Gasteiger partial charge is 0.393 e. The summed E-state index contributed by atoms with van der Waals surface area (Å²) in [7, 11) is 1.84. The molecule has 0 atom stereocenters. The molecule has 10 heteroatoms. The minimum absolute atomic E-state index is 0.233. The SMILES string of the molecule is Cn1nc(C(=O)Nc2ccc(N3CCC(O)CC3)nc2)c2cc(-c3cncc(CN4CCOCC4)c3)ccc21. The van der Waals surface area contributed by atoms with Gasteiger partial charge in [0.05, 0.1) is 36.7 Å². The van der Waals surface area contributed by atoms with E-state index in [0.29, 0.717) is 11.4 Å². The zero-order valence-electron chi connectivity index (χ0n) is 22.1. The van der Waals surface area contributed by atoms with Gasteiger partial charge in [0.2, 0.25) is 0 Å². The van der Waals surface area contributed by atoms with Gasteiger partial charge in [-0.3, -0.25) is 19.4 Å². The van der Waals surface area contributed by atoms with Gasteiger partial charge in [-0.15, -0.1) is 0 Å². The van der Waals surface area contributed by atoms with Gasteiger partial charge >= 0.3 is 0 Å². The van der Waals surface area contributed by atoms with Gasteiger partial charge in [-0.05, 0) is 54.3 Å². The number of fused-ring (bicyclic) bond motifs is 1. The fraction of sp³-hybridized carbons (Fsp3) is 0.379. The van der Waals surface area contributed by atoms with Crippen LogP contribution in [0.1, 0.15) is 28.9 Å². The maximum Gasteiger partial charge on any atom is 0.276 e. The van der Waals surface area contributed by atoms with Gasteiger partial charge in [0, 0.05) is 63.1 Å². The first-order valence-electron chi connectivity index (χ1n) is 13.4. The maximum absolute atomic E-state index is 13.3. The minimum Gasteiger partial charge on any atom is -0.393 e. The lowest BCUT2D eigenvalue weighted by Gasteiger charge is -2.30. The molecule has 0 bridgehead atoms. The molecule has 0 aliphatic carbocycles. The average Bonchev–Trinajstić information content (AvgIpc) is 3.30. The zero-order valence-corrected chi connectivity index (χ0v) is 22.1. The smallest absolute Gasteiger partial charge is 0.276 e. The number of aliphatic hydroxyl groups excluding tert-OH is 1. The summed E-state index contributed by atoms with van der Waals surface area (Å²) in [6, 6.07) is 12.0. The lowest BCUT2D eigenvalue weighted by molar-refractivity contribution is 0.0341. The molecule has 2 aliphatic heterocycles. The van der Waals surface area contributed by atoms with Crippen LogP contribution in [0, 0.1) is 0 Å². The highest BCUT2D eigenvalue weighted by atomic mass is 16.5. The van der Waals surface area contributed by atoms with Crippen molar-refractivity contribution in [1.29, 1.82) is 0 Å². The predicted octanol–water partition coefficient (Wildman–Crippen LogP) is 3.08. The van der Waals surface area contributed by atoms with E-state index in [4.69, 9.17) is 4.74 Å². The number of ether oxygens (including phenoxy) is 1. The summed E-state index contributed by atoms with van der Waals surface area (Å²) >= 11 is 0. The van der Waals surface area contributed by atoms with Crippen molar-refractivity contribution in [3.05, 3.63) is 66.2 Å². The highest BCUT2D eigenvalue weighted by Crippen LogP contribution is 2.28. The van der Waals surface area contributed by atoms with Gasteiger partial charge < -0.3 is 20.1 Å². The minimum atomic E-state index is -0.285. The molecular weight excluding hydrogens is 494 g/mol. The number of benzene rings is 1. The molecule has 4 aromatic rings. The van der Waals surface area contributed by atoms with E-state index in [2.05, 4.69) is 36.2 Å². The molecule has 6 rings (SSSR count). The first-order chi connectivity index (χ1) is 19.0. The summed E-state index contributed by atoms with van der Waals surface area (Å²) in [6.45, 7) is 5.75. The van der Waals surface area contributed by atoms with Gasteiger partial charge in [0.25, 0.3) is 5.91 Å². The Balaban J connectivity index is 1.20. The number of pyridine rings is 2. The molecule has 0 saturated carbocycles. The molecule has 2 saturated heterocycles. The lowest BCUT2D eigenvalue weighted by Crippen LogP contribution is -2.36. The van der Waals surface area contributed by atoms with E-state index in [1.54, 1.807) is 10.9 Å². The summed E-state index contributed by atoms with van der Waals surface area (Å²) in [5.74, 6) is 0.560. The van der Waals surface area contributed by atoms with E-state index in [9.17, 15) is 9.90 Å². The number of hydrogen-bond acceptors (Lipinski definition) is 8. The van der Waals surface area contributed by atoms with E-state index >= 15 is 0 Å². The van der Waals surface area contributed by atoms with Crippen molar-refractivity contribution >= 4 is 28.3 Å².